The van der Waals surface area contributed by atoms with Crippen LogP contribution in [0.5, 0.6) is 5.75 Å². The van der Waals surface area contributed by atoms with Crippen LogP contribution in [0.3, 0.4) is 0 Å². The van der Waals surface area contributed by atoms with E-state index in [0.717, 1.165) is 0 Å². The van der Waals surface area contributed by atoms with Crippen LogP contribution in [0.1, 0.15) is 6.92 Å². The number of hydrogen-bond donors (Lipinski definition) is 1. The van der Waals surface area contributed by atoms with E-state index < -0.39 is 10.0 Å². The average Bonchev–Trinajstić information content (AvgIpc) is 2.31. The lowest BCUT2D eigenvalue weighted by Gasteiger charge is -2.13. The first-order valence-corrected chi connectivity index (χ1v) is 7.84. The van der Waals surface area contributed by atoms with E-state index in [1.54, 1.807) is 19.1 Å². The lowest BCUT2D eigenvalue weighted by atomic mass is 10.3. The van der Waals surface area contributed by atoms with Gasteiger partial charge in [0.15, 0.2) is 0 Å². The molecule has 0 aliphatic heterocycles. The Morgan fingerprint density at radius 3 is 2.67 bits per heavy atom. The number of nitrogens with one attached hydrogen (secondary N) is 1. The molecular formula is C11H15Cl2NO3S. The van der Waals surface area contributed by atoms with Gasteiger partial charge in [-0.2, -0.15) is 0 Å². The fourth-order valence-electron chi connectivity index (χ4n) is 1.34. The predicted octanol–water partition coefficient (Wildman–Crippen LogP) is 2.97. The number of rotatable bonds is 6. The summed E-state index contributed by atoms with van der Waals surface area (Å²) < 4.78 is 31.1. The minimum atomic E-state index is -3.47. The molecule has 102 valence electrons. The van der Waals surface area contributed by atoms with Gasteiger partial charge >= 0.3 is 0 Å². The molecule has 0 saturated heterocycles. The molecule has 4 nitrogen and oxygen atoms in total. The highest BCUT2D eigenvalue weighted by atomic mass is 35.5. The summed E-state index contributed by atoms with van der Waals surface area (Å²) in [6.07, 6.45) is 0. The standard InChI is InChI=1S/C11H15Cl2NO3S/c1-8(6-12)7-18(15,16)14-11-5-9(17-2)3-4-10(11)13/h3-5,8,14H,6-7H2,1-2H3. The molecule has 1 unspecified atom stereocenters. The third kappa shape index (κ3) is 4.55. The van der Waals surface area contributed by atoms with Crippen LogP contribution in [-0.2, 0) is 10.0 Å². The molecule has 0 heterocycles. The van der Waals surface area contributed by atoms with E-state index in [1.807, 2.05) is 0 Å². The zero-order valence-electron chi connectivity index (χ0n) is 10.1. The van der Waals surface area contributed by atoms with Crippen LogP contribution in [0.15, 0.2) is 18.2 Å². The molecule has 7 heteroatoms. The van der Waals surface area contributed by atoms with Crippen molar-refractivity contribution < 1.29 is 13.2 Å². The zero-order chi connectivity index (χ0) is 13.8. The molecule has 0 aliphatic carbocycles. The smallest absolute Gasteiger partial charge is 0.233 e. The highest BCUT2D eigenvalue weighted by Crippen LogP contribution is 2.27. The maximum absolute atomic E-state index is 11.9. The summed E-state index contributed by atoms with van der Waals surface area (Å²) in [4.78, 5) is 0. The molecule has 1 aromatic carbocycles. The number of methoxy groups -OCH3 is 1. The lowest BCUT2D eigenvalue weighted by molar-refractivity contribution is 0.415. The van der Waals surface area contributed by atoms with E-state index in [0.29, 0.717) is 16.5 Å². The maximum atomic E-state index is 11.9. The molecule has 18 heavy (non-hydrogen) atoms. The summed E-state index contributed by atoms with van der Waals surface area (Å²) in [7, 11) is -1.97. The summed E-state index contributed by atoms with van der Waals surface area (Å²) >= 11 is 11.5. The molecule has 1 aromatic rings. The molecule has 1 atom stereocenters. The van der Waals surface area contributed by atoms with Crippen molar-refractivity contribution in [1.82, 2.24) is 0 Å². The molecular weight excluding hydrogens is 297 g/mol. The predicted molar refractivity (Wildman–Crippen MR) is 75.3 cm³/mol. The second kappa shape index (κ2) is 6.50. The minimum absolute atomic E-state index is 0.0515. The van der Waals surface area contributed by atoms with Crippen LogP contribution < -0.4 is 9.46 Å². The molecule has 0 radical (unpaired) electrons. The fraction of sp³-hybridized carbons (Fsp3) is 0.455. The Labute approximate surface area is 117 Å². The summed E-state index contributed by atoms with van der Waals surface area (Å²) in [5, 5.41) is 0.318. The first kappa shape index (κ1) is 15.4. The quantitative estimate of drug-likeness (QED) is 0.822. The molecule has 0 spiro atoms. The minimum Gasteiger partial charge on any atom is -0.497 e. The van der Waals surface area contributed by atoms with Crippen LogP contribution >= 0.6 is 23.2 Å². The number of sulfonamides is 1. The van der Waals surface area contributed by atoms with Gasteiger partial charge in [0.25, 0.3) is 0 Å². The van der Waals surface area contributed by atoms with Crippen molar-refractivity contribution in [2.24, 2.45) is 5.92 Å². The van der Waals surface area contributed by atoms with Gasteiger partial charge in [-0.05, 0) is 18.1 Å². The van der Waals surface area contributed by atoms with Gasteiger partial charge in [0.2, 0.25) is 10.0 Å². The van der Waals surface area contributed by atoms with Crippen LogP contribution in [0, 0.1) is 5.92 Å². The van der Waals surface area contributed by atoms with Crippen LogP contribution in [0.4, 0.5) is 5.69 Å². The average molecular weight is 312 g/mol. The molecule has 0 aliphatic rings. The number of halogens is 2. The van der Waals surface area contributed by atoms with Gasteiger partial charge < -0.3 is 4.74 Å². The third-order valence-electron chi connectivity index (χ3n) is 2.21. The Morgan fingerprint density at radius 2 is 2.11 bits per heavy atom. The van der Waals surface area contributed by atoms with Gasteiger partial charge in [-0.1, -0.05) is 18.5 Å². The van der Waals surface area contributed by atoms with E-state index in [2.05, 4.69) is 4.72 Å². The van der Waals surface area contributed by atoms with Gasteiger partial charge in [0, 0.05) is 11.9 Å². The fourth-order valence-corrected chi connectivity index (χ4v) is 3.25. The van der Waals surface area contributed by atoms with Crippen LogP contribution in [0.25, 0.3) is 0 Å². The van der Waals surface area contributed by atoms with Crippen LogP contribution in [0.2, 0.25) is 5.02 Å². The van der Waals surface area contributed by atoms with Crippen molar-refractivity contribution >= 4 is 38.9 Å². The van der Waals surface area contributed by atoms with Crippen molar-refractivity contribution in [1.29, 1.82) is 0 Å². The highest BCUT2D eigenvalue weighted by molar-refractivity contribution is 7.92. The van der Waals surface area contributed by atoms with Crippen molar-refractivity contribution in [2.75, 3.05) is 23.5 Å². The first-order valence-electron chi connectivity index (χ1n) is 5.28. The molecule has 0 amide bonds. The topological polar surface area (TPSA) is 55.4 Å². The maximum Gasteiger partial charge on any atom is 0.233 e. The van der Waals surface area contributed by atoms with Gasteiger partial charge in [0.1, 0.15) is 5.75 Å². The van der Waals surface area contributed by atoms with E-state index in [-0.39, 0.29) is 17.6 Å². The van der Waals surface area contributed by atoms with E-state index in [4.69, 9.17) is 27.9 Å². The highest BCUT2D eigenvalue weighted by Gasteiger charge is 2.16. The largest absolute Gasteiger partial charge is 0.497 e. The molecule has 0 saturated carbocycles. The Morgan fingerprint density at radius 1 is 1.44 bits per heavy atom. The first-order chi connectivity index (χ1) is 8.38. The summed E-state index contributed by atoms with van der Waals surface area (Å²) in [6.45, 7) is 1.76. The number of hydrogen-bond acceptors (Lipinski definition) is 3. The molecule has 1 N–H and O–H groups in total. The Balaban J connectivity index is 2.89. The number of benzene rings is 1. The Hall–Kier alpha value is -0.650. The van der Waals surface area contributed by atoms with Crippen molar-refractivity contribution in [3.05, 3.63) is 23.2 Å². The number of alkyl halides is 1. The molecule has 1 rings (SSSR count). The lowest BCUT2D eigenvalue weighted by Crippen LogP contribution is -2.22. The summed E-state index contributed by atoms with van der Waals surface area (Å²) in [5.74, 6) is 0.632. The Kier molecular flexibility index (Phi) is 5.56. The second-order valence-corrected chi connectivity index (χ2v) is 6.47. The third-order valence-corrected chi connectivity index (χ3v) is 4.60. The van der Waals surface area contributed by atoms with Gasteiger partial charge in [-0.25, -0.2) is 8.42 Å². The normalized spacial score (nSPS) is 13.1. The number of ether oxygens (including phenoxy) is 1. The monoisotopic (exact) mass is 311 g/mol. The van der Waals surface area contributed by atoms with E-state index in [9.17, 15) is 8.42 Å². The van der Waals surface area contributed by atoms with E-state index >= 15 is 0 Å². The SMILES string of the molecule is COc1ccc(Cl)c(NS(=O)(=O)CC(C)CCl)c1. The summed E-state index contributed by atoms with van der Waals surface area (Å²) in [5.41, 5.74) is 0.304. The van der Waals surface area contributed by atoms with E-state index in [1.165, 1.54) is 13.2 Å². The molecule has 0 aromatic heterocycles. The molecule has 0 bridgehead atoms. The van der Waals surface area contributed by atoms with Gasteiger partial charge in [0.05, 0.1) is 23.6 Å². The number of anilines is 1. The van der Waals surface area contributed by atoms with Gasteiger partial charge in [-0.3, -0.25) is 4.72 Å². The Bertz CT molecular complexity index is 505. The van der Waals surface area contributed by atoms with Crippen molar-refractivity contribution in [2.45, 2.75) is 6.92 Å². The van der Waals surface area contributed by atoms with Crippen LogP contribution in [-0.4, -0.2) is 27.2 Å². The van der Waals surface area contributed by atoms with Crippen molar-refractivity contribution in [3.63, 3.8) is 0 Å². The zero-order valence-corrected chi connectivity index (χ0v) is 12.4. The second-order valence-electron chi connectivity index (χ2n) is 3.99. The summed E-state index contributed by atoms with van der Waals surface area (Å²) in [6, 6.07) is 4.76. The van der Waals surface area contributed by atoms with Crippen molar-refractivity contribution in [3.8, 4) is 5.75 Å². The van der Waals surface area contributed by atoms with Gasteiger partial charge in [-0.15, -0.1) is 11.6 Å². The molecule has 0 fully saturated rings.